The van der Waals surface area contributed by atoms with Gasteiger partial charge in [-0.3, -0.25) is 0 Å². The van der Waals surface area contributed by atoms with Crippen LogP contribution in [0.2, 0.25) is 5.28 Å². The average molecular weight is 286 g/mol. The zero-order valence-electron chi connectivity index (χ0n) is 10.6. The maximum atomic E-state index is 11.6. The summed E-state index contributed by atoms with van der Waals surface area (Å²) in [4.78, 5) is 19.4. The van der Waals surface area contributed by atoms with Crippen LogP contribution in [0.3, 0.4) is 0 Å². The summed E-state index contributed by atoms with van der Waals surface area (Å²) in [6.07, 6.45) is 4.24. The lowest BCUT2D eigenvalue weighted by atomic mass is 9.93. The Bertz CT molecular complexity index is 462. The average Bonchev–Trinajstić information content (AvgIpc) is 2.41. The molecule has 7 heteroatoms. The van der Waals surface area contributed by atoms with Crippen LogP contribution >= 0.6 is 11.6 Å². The van der Waals surface area contributed by atoms with E-state index in [4.69, 9.17) is 11.6 Å². The molecule has 1 aliphatic rings. The van der Waals surface area contributed by atoms with Gasteiger partial charge in [0.2, 0.25) is 5.28 Å². The van der Waals surface area contributed by atoms with Gasteiger partial charge in [-0.1, -0.05) is 0 Å². The number of rotatable bonds is 3. The van der Waals surface area contributed by atoms with Crippen LogP contribution in [-0.2, 0) is 4.74 Å². The second-order valence-electron chi connectivity index (χ2n) is 4.54. The minimum Gasteiger partial charge on any atom is -0.465 e. The normalized spacial score (nSPS) is 22.9. The molecule has 0 amide bonds. The molecule has 0 unspecified atom stereocenters. The SMILES string of the molecule is COC(=O)c1cnc(Cl)nc1N[C@H]1CC[C@H](O)CC1. The number of halogens is 1. The first-order valence-corrected chi connectivity index (χ1v) is 6.53. The predicted molar refractivity (Wildman–Crippen MR) is 70.3 cm³/mol. The molecule has 1 aromatic heterocycles. The van der Waals surface area contributed by atoms with Gasteiger partial charge in [-0.15, -0.1) is 0 Å². The molecule has 0 saturated heterocycles. The summed E-state index contributed by atoms with van der Waals surface area (Å²) in [5.74, 6) is -0.122. The second-order valence-corrected chi connectivity index (χ2v) is 4.88. The summed E-state index contributed by atoms with van der Waals surface area (Å²) in [7, 11) is 1.30. The second kappa shape index (κ2) is 6.16. The minimum absolute atomic E-state index is 0.0750. The van der Waals surface area contributed by atoms with E-state index in [-0.39, 0.29) is 23.0 Å². The fourth-order valence-electron chi connectivity index (χ4n) is 2.14. The first-order valence-electron chi connectivity index (χ1n) is 6.15. The predicted octanol–water partition coefficient (Wildman–Crippen LogP) is 1.63. The van der Waals surface area contributed by atoms with Crippen molar-refractivity contribution in [2.45, 2.75) is 37.8 Å². The number of esters is 1. The Morgan fingerprint density at radius 3 is 2.79 bits per heavy atom. The van der Waals surface area contributed by atoms with Crippen LogP contribution in [0.1, 0.15) is 36.0 Å². The zero-order chi connectivity index (χ0) is 13.8. The topological polar surface area (TPSA) is 84.3 Å². The first-order chi connectivity index (χ1) is 9.10. The number of aromatic nitrogens is 2. The Balaban J connectivity index is 2.14. The molecule has 1 fully saturated rings. The summed E-state index contributed by atoms with van der Waals surface area (Å²) < 4.78 is 4.68. The van der Waals surface area contributed by atoms with Crippen LogP contribution in [0.15, 0.2) is 6.20 Å². The molecule has 1 aliphatic carbocycles. The lowest BCUT2D eigenvalue weighted by Gasteiger charge is -2.27. The van der Waals surface area contributed by atoms with E-state index in [0.29, 0.717) is 5.82 Å². The molecular formula is C12H16ClN3O3. The quantitative estimate of drug-likeness (QED) is 0.649. The molecule has 6 nitrogen and oxygen atoms in total. The van der Waals surface area contributed by atoms with Gasteiger partial charge < -0.3 is 15.2 Å². The highest BCUT2D eigenvalue weighted by Crippen LogP contribution is 2.23. The lowest BCUT2D eigenvalue weighted by Crippen LogP contribution is -2.29. The molecule has 0 bridgehead atoms. The van der Waals surface area contributed by atoms with Gasteiger partial charge >= 0.3 is 5.97 Å². The number of anilines is 1. The fraction of sp³-hybridized carbons (Fsp3) is 0.583. The third-order valence-electron chi connectivity index (χ3n) is 3.20. The van der Waals surface area contributed by atoms with Crippen molar-refractivity contribution < 1.29 is 14.6 Å². The molecular weight excluding hydrogens is 270 g/mol. The summed E-state index contributed by atoms with van der Waals surface area (Å²) in [6.45, 7) is 0. The number of nitrogens with zero attached hydrogens (tertiary/aromatic N) is 2. The Morgan fingerprint density at radius 1 is 1.47 bits per heavy atom. The number of carbonyl (C=O) groups is 1. The van der Waals surface area contributed by atoms with Crippen molar-refractivity contribution in [2.75, 3.05) is 12.4 Å². The van der Waals surface area contributed by atoms with Crippen LogP contribution in [-0.4, -0.2) is 40.3 Å². The molecule has 2 rings (SSSR count). The van der Waals surface area contributed by atoms with Gasteiger partial charge in [0, 0.05) is 12.2 Å². The maximum Gasteiger partial charge on any atom is 0.343 e. The Labute approximate surface area is 116 Å². The molecule has 1 heterocycles. The number of hydrogen-bond donors (Lipinski definition) is 2. The highest BCUT2D eigenvalue weighted by Gasteiger charge is 2.22. The number of aliphatic hydroxyl groups excluding tert-OH is 1. The summed E-state index contributed by atoms with van der Waals surface area (Å²) in [5.41, 5.74) is 0.262. The molecule has 0 aromatic carbocycles. The number of methoxy groups -OCH3 is 1. The van der Waals surface area contributed by atoms with E-state index >= 15 is 0 Å². The number of hydrogen-bond acceptors (Lipinski definition) is 6. The highest BCUT2D eigenvalue weighted by atomic mass is 35.5. The summed E-state index contributed by atoms with van der Waals surface area (Å²) in [6, 6.07) is 0.165. The number of nitrogens with one attached hydrogen (secondary N) is 1. The van der Waals surface area contributed by atoms with Crippen LogP contribution in [0, 0.1) is 0 Å². The summed E-state index contributed by atoms with van der Waals surface area (Å²) >= 11 is 5.75. The molecule has 1 saturated carbocycles. The van der Waals surface area contributed by atoms with Crippen molar-refractivity contribution >= 4 is 23.4 Å². The third-order valence-corrected chi connectivity index (χ3v) is 3.38. The molecule has 104 valence electrons. The van der Waals surface area contributed by atoms with Crippen molar-refractivity contribution in [2.24, 2.45) is 0 Å². The van der Waals surface area contributed by atoms with Gasteiger partial charge in [0.15, 0.2) is 0 Å². The van der Waals surface area contributed by atoms with Crippen LogP contribution in [0.4, 0.5) is 5.82 Å². The van der Waals surface area contributed by atoms with Crippen molar-refractivity contribution in [3.05, 3.63) is 17.0 Å². The Kier molecular flexibility index (Phi) is 4.55. The van der Waals surface area contributed by atoms with E-state index in [1.165, 1.54) is 13.3 Å². The molecule has 0 aliphatic heterocycles. The third kappa shape index (κ3) is 3.54. The van der Waals surface area contributed by atoms with Crippen LogP contribution < -0.4 is 5.32 Å². The first kappa shape index (κ1) is 14.0. The smallest absolute Gasteiger partial charge is 0.343 e. The Hall–Kier alpha value is -1.40. The minimum atomic E-state index is -0.505. The van der Waals surface area contributed by atoms with Crippen LogP contribution in [0.5, 0.6) is 0 Å². The van der Waals surface area contributed by atoms with E-state index in [9.17, 15) is 9.90 Å². The monoisotopic (exact) mass is 285 g/mol. The van der Waals surface area contributed by atoms with E-state index in [2.05, 4.69) is 20.0 Å². The molecule has 2 N–H and O–H groups in total. The number of ether oxygens (including phenoxy) is 1. The summed E-state index contributed by atoms with van der Waals surface area (Å²) in [5, 5.41) is 12.7. The maximum absolute atomic E-state index is 11.6. The number of aliphatic hydroxyl groups is 1. The van der Waals surface area contributed by atoms with Crippen molar-refractivity contribution in [1.29, 1.82) is 0 Å². The molecule has 19 heavy (non-hydrogen) atoms. The molecule has 1 aromatic rings. The lowest BCUT2D eigenvalue weighted by molar-refractivity contribution is 0.0600. The highest BCUT2D eigenvalue weighted by molar-refractivity contribution is 6.28. The van der Waals surface area contributed by atoms with Crippen molar-refractivity contribution in [3.8, 4) is 0 Å². The van der Waals surface area contributed by atoms with Gasteiger partial charge in [-0.2, -0.15) is 4.98 Å². The van der Waals surface area contributed by atoms with Gasteiger partial charge in [-0.25, -0.2) is 9.78 Å². The standard InChI is InChI=1S/C12H16ClN3O3/c1-19-11(18)9-6-14-12(13)16-10(9)15-7-2-4-8(17)5-3-7/h6-8,17H,2-5H2,1H3,(H,14,15,16)/t7-,8-. The van der Waals surface area contributed by atoms with Gasteiger partial charge in [0.05, 0.1) is 13.2 Å². The fourth-order valence-corrected chi connectivity index (χ4v) is 2.28. The van der Waals surface area contributed by atoms with Gasteiger partial charge in [0.25, 0.3) is 0 Å². The van der Waals surface area contributed by atoms with E-state index in [1.807, 2.05) is 0 Å². The van der Waals surface area contributed by atoms with E-state index in [1.54, 1.807) is 0 Å². The molecule has 0 spiro atoms. The van der Waals surface area contributed by atoms with Crippen LogP contribution in [0.25, 0.3) is 0 Å². The van der Waals surface area contributed by atoms with Gasteiger partial charge in [0.1, 0.15) is 11.4 Å². The molecule has 0 radical (unpaired) electrons. The van der Waals surface area contributed by atoms with E-state index in [0.717, 1.165) is 25.7 Å². The van der Waals surface area contributed by atoms with Crippen molar-refractivity contribution in [1.82, 2.24) is 9.97 Å². The molecule has 0 atom stereocenters. The number of carbonyl (C=O) groups excluding carboxylic acids is 1. The zero-order valence-corrected chi connectivity index (χ0v) is 11.4. The largest absolute Gasteiger partial charge is 0.465 e. The Morgan fingerprint density at radius 2 is 2.16 bits per heavy atom. The van der Waals surface area contributed by atoms with Crippen molar-refractivity contribution in [3.63, 3.8) is 0 Å². The van der Waals surface area contributed by atoms with E-state index < -0.39 is 5.97 Å². The van der Waals surface area contributed by atoms with Gasteiger partial charge in [-0.05, 0) is 37.3 Å².